The van der Waals surface area contributed by atoms with Crippen LogP contribution >= 0.6 is 0 Å². The Morgan fingerprint density at radius 2 is 1.92 bits per heavy atom. The molecule has 1 aromatic rings. The van der Waals surface area contributed by atoms with E-state index >= 15 is 0 Å². The molecule has 1 nitrogen and oxygen atoms in total. The Bertz CT molecular complexity index is 266. The molecule has 0 aliphatic heterocycles. The summed E-state index contributed by atoms with van der Waals surface area (Å²) in [6.45, 7) is 6.14. The maximum Gasteiger partial charge on any atom is 0.0787 e. The minimum Gasteiger partial charge on any atom is -0.388 e. The van der Waals surface area contributed by atoms with E-state index in [9.17, 15) is 5.11 Å². The SMILES string of the molecule is CC[C@H](O)c1ccc(C)c(C)c1. The number of aliphatic hydroxyl groups excluding tert-OH is 1. The van der Waals surface area contributed by atoms with Gasteiger partial charge in [-0.1, -0.05) is 25.1 Å². The van der Waals surface area contributed by atoms with E-state index in [4.69, 9.17) is 0 Å². The van der Waals surface area contributed by atoms with Gasteiger partial charge in [-0.25, -0.2) is 0 Å². The lowest BCUT2D eigenvalue weighted by atomic mass is 10.0. The fraction of sp³-hybridized carbons (Fsp3) is 0.455. The molecular weight excluding hydrogens is 148 g/mol. The maximum absolute atomic E-state index is 9.54. The van der Waals surface area contributed by atoms with E-state index in [1.807, 2.05) is 13.0 Å². The van der Waals surface area contributed by atoms with Crippen molar-refractivity contribution in [2.45, 2.75) is 33.3 Å². The third-order valence-electron chi connectivity index (χ3n) is 2.30. The topological polar surface area (TPSA) is 20.2 Å². The molecule has 0 saturated carbocycles. The van der Waals surface area contributed by atoms with E-state index in [0.717, 1.165) is 12.0 Å². The molecule has 1 atom stereocenters. The van der Waals surface area contributed by atoms with E-state index in [1.54, 1.807) is 0 Å². The molecule has 1 heteroatoms. The van der Waals surface area contributed by atoms with Gasteiger partial charge in [-0.3, -0.25) is 0 Å². The molecule has 1 N–H and O–H groups in total. The van der Waals surface area contributed by atoms with Gasteiger partial charge < -0.3 is 5.11 Å². The molecule has 12 heavy (non-hydrogen) atoms. The molecule has 0 aliphatic rings. The second-order valence-corrected chi connectivity index (χ2v) is 3.27. The van der Waals surface area contributed by atoms with E-state index < -0.39 is 0 Å². The van der Waals surface area contributed by atoms with Crippen molar-refractivity contribution in [3.8, 4) is 0 Å². The Balaban J connectivity index is 2.96. The first-order valence-electron chi connectivity index (χ1n) is 4.40. The minimum absolute atomic E-state index is 0.302. The van der Waals surface area contributed by atoms with Crippen molar-refractivity contribution in [3.63, 3.8) is 0 Å². The van der Waals surface area contributed by atoms with Crippen molar-refractivity contribution < 1.29 is 5.11 Å². The van der Waals surface area contributed by atoms with E-state index in [-0.39, 0.29) is 6.10 Å². The van der Waals surface area contributed by atoms with Crippen LogP contribution in [0.25, 0.3) is 0 Å². The molecule has 0 fully saturated rings. The Morgan fingerprint density at radius 3 is 2.42 bits per heavy atom. The van der Waals surface area contributed by atoms with Crippen molar-refractivity contribution in [3.05, 3.63) is 34.9 Å². The number of hydrogen-bond acceptors (Lipinski definition) is 1. The quantitative estimate of drug-likeness (QED) is 0.712. The highest BCUT2D eigenvalue weighted by Crippen LogP contribution is 2.18. The summed E-state index contributed by atoms with van der Waals surface area (Å²) in [5.41, 5.74) is 3.56. The molecule has 1 rings (SSSR count). The Labute approximate surface area is 74.1 Å². The van der Waals surface area contributed by atoms with Gasteiger partial charge in [-0.2, -0.15) is 0 Å². The smallest absolute Gasteiger partial charge is 0.0787 e. The fourth-order valence-electron chi connectivity index (χ4n) is 1.21. The molecule has 1 aromatic carbocycles. The van der Waals surface area contributed by atoms with Gasteiger partial charge in [0.2, 0.25) is 0 Å². The van der Waals surface area contributed by atoms with E-state index in [2.05, 4.69) is 26.0 Å². The highest BCUT2D eigenvalue weighted by Gasteiger charge is 2.04. The van der Waals surface area contributed by atoms with Crippen molar-refractivity contribution in [2.75, 3.05) is 0 Å². The van der Waals surface area contributed by atoms with Crippen LogP contribution in [0.4, 0.5) is 0 Å². The molecule has 66 valence electrons. The first-order valence-corrected chi connectivity index (χ1v) is 4.40. The molecule has 0 aromatic heterocycles. The van der Waals surface area contributed by atoms with Gasteiger partial charge in [0.05, 0.1) is 6.10 Å². The number of hydrogen-bond donors (Lipinski definition) is 1. The summed E-state index contributed by atoms with van der Waals surface area (Å²) >= 11 is 0. The summed E-state index contributed by atoms with van der Waals surface area (Å²) in [5, 5.41) is 9.54. The lowest BCUT2D eigenvalue weighted by Gasteiger charge is -2.09. The third kappa shape index (κ3) is 1.86. The van der Waals surface area contributed by atoms with Crippen LogP contribution in [-0.4, -0.2) is 5.11 Å². The van der Waals surface area contributed by atoms with Crippen LogP contribution in [0.1, 0.15) is 36.1 Å². The molecule has 0 heterocycles. The Morgan fingerprint density at radius 1 is 1.25 bits per heavy atom. The van der Waals surface area contributed by atoms with Crippen LogP contribution in [-0.2, 0) is 0 Å². The zero-order valence-corrected chi connectivity index (χ0v) is 7.96. The second-order valence-electron chi connectivity index (χ2n) is 3.27. The molecule has 0 radical (unpaired) electrons. The lowest BCUT2D eigenvalue weighted by Crippen LogP contribution is -1.95. The van der Waals surface area contributed by atoms with Crippen LogP contribution in [0.2, 0.25) is 0 Å². The maximum atomic E-state index is 9.54. The van der Waals surface area contributed by atoms with E-state index in [0.29, 0.717) is 0 Å². The highest BCUT2D eigenvalue weighted by atomic mass is 16.3. The van der Waals surface area contributed by atoms with Gasteiger partial charge in [0.1, 0.15) is 0 Å². The van der Waals surface area contributed by atoms with Crippen molar-refractivity contribution in [2.24, 2.45) is 0 Å². The largest absolute Gasteiger partial charge is 0.388 e. The number of benzene rings is 1. The Kier molecular flexibility index (Phi) is 2.88. The third-order valence-corrected chi connectivity index (χ3v) is 2.30. The second kappa shape index (κ2) is 3.72. The molecule has 0 bridgehead atoms. The van der Waals surface area contributed by atoms with Gasteiger partial charge >= 0.3 is 0 Å². The van der Waals surface area contributed by atoms with Crippen LogP contribution < -0.4 is 0 Å². The van der Waals surface area contributed by atoms with Crippen LogP contribution in [0.3, 0.4) is 0 Å². The number of aliphatic hydroxyl groups is 1. The van der Waals surface area contributed by atoms with E-state index in [1.165, 1.54) is 11.1 Å². The normalized spacial score (nSPS) is 13.0. The standard InChI is InChI=1S/C11H16O/c1-4-11(12)10-6-5-8(2)9(3)7-10/h5-7,11-12H,4H2,1-3H3/t11-/m0/s1. The number of rotatable bonds is 2. The highest BCUT2D eigenvalue weighted by molar-refractivity contribution is 5.30. The van der Waals surface area contributed by atoms with Crippen molar-refractivity contribution in [1.29, 1.82) is 0 Å². The molecule has 0 unspecified atom stereocenters. The summed E-state index contributed by atoms with van der Waals surface area (Å²) in [5.74, 6) is 0. The van der Waals surface area contributed by atoms with Gasteiger partial charge in [0, 0.05) is 0 Å². The van der Waals surface area contributed by atoms with Crippen molar-refractivity contribution >= 4 is 0 Å². The zero-order valence-electron chi connectivity index (χ0n) is 7.96. The molecular formula is C11H16O. The molecule has 0 spiro atoms. The summed E-state index contributed by atoms with van der Waals surface area (Å²) < 4.78 is 0. The minimum atomic E-state index is -0.302. The Hall–Kier alpha value is -0.820. The number of aryl methyl sites for hydroxylation is 2. The molecule has 0 saturated heterocycles. The summed E-state index contributed by atoms with van der Waals surface area (Å²) in [4.78, 5) is 0. The van der Waals surface area contributed by atoms with Crippen LogP contribution in [0.15, 0.2) is 18.2 Å². The predicted octanol–water partition coefficient (Wildman–Crippen LogP) is 2.75. The monoisotopic (exact) mass is 164 g/mol. The molecule has 0 aliphatic carbocycles. The average molecular weight is 164 g/mol. The van der Waals surface area contributed by atoms with Gasteiger partial charge in [0.15, 0.2) is 0 Å². The first-order chi connectivity index (χ1) is 5.65. The lowest BCUT2D eigenvalue weighted by molar-refractivity contribution is 0.173. The van der Waals surface area contributed by atoms with Crippen LogP contribution in [0.5, 0.6) is 0 Å². The van der Waals surface area contributed by atoms with Gasteiger partial charge in [0.25, 0.3) is 0 Å². The zero-order chi connectivity index (χ0) is 9.14. The predicted molar refractivity (Wildman–Crippen MR) is 51.2 cm³/mol. The first kappa shape index (κ1) is 9.27. The van der Waals surface area contributed by atoms with Crippen molar-refractivity contribution in [1.82, 2.24) is 0 Å². The average Bonchev–Trinajstić information content (AvgIpc) is 2.08. The summed E-state index contributed by atoms with van der Waals surface area (Å²) in [7, 11) is 0. The fourth-order valence-corrected chi connectivity index (χ4v) is 1.21. The van der Waals surface area contributed by atoms with Gasteiger partial charge in [-0.05, 0) is 37.0 Å². The van der Waals surface area contributed by atoms with Crippen LogP contribution in [0, 0.1) is 13.8 Å². The summed E-state index contributed by atoms with van der Waals surface area (Å²) in [6.07, 6.45) is 0.479. The van der Waals surface area contributed by atoms with Gasteiger partial charge in [-0.15, -0.1) is 0 Å². The summed E-state index contributed by atoms with van der Waals surface area (Å²) in [6, 6.07) is 6.11. The molecule has 0 amide bonds.